The van der Waals surface area contributed by atoms with Gasteiger partial charge in [-0.05, 0) is 43.3 Å². The van der Waals surface area contributed by atoms with E-state index in [0.717, 1.165) is 32.1 Å². The van der Waals surface area contributed by atoms with Crippen LogP contribution in [0, 0.1) is 5.82 Å². The van der Waals surface area contributed by atoms with E-state index in [1.165, 1.54) is 12.1 Å². The summed E-state index contributed by atoms with van der Waals surface area (Å²) in [6, 6.07) is 6.27. The van der Waals surface area contributed by atoms with Gasteiger partial charge in [0.15, 0.2) is 5.11 Å². The van der Waals surface area contributed by atoms with E-state index in [1.54, 1.807) is 12.1 Å². The molecule has 2 fully saturated rings. The monoisotopic (exact) mass is 278 g/mol. The lowest BCUT2D eigenvalue weighted by atomic mass is 9.80. The van der Waals surface area contributed by atoms with Gasteiger partial charge in [-0.1, -0.05) is 25.3 Å². The summed E-state index contributed by atoms with van der Waals surface area (Å²) in [5, 5.41) is 3.13. The Morgan fingerprint density at radius 1 is 1.26 bits per heavy atom. The van der Waals surface area contributed by atoms with Crippen LogP contribution in [0.2, 0.25) is 0 Å². The van der Waals surface area contributed by atoms with Crippen LogP contribution in [0.1, 0.15) is 32.1 Å². The van der Waals surface area contributed by atoms with Crippen LogP contribution in [0.3, 0.4) is 0 Å². The highest BCUT2D eigenvalue weighted by molar-refractivity contribution is 7.80. The first-order valence-corrected chi connectivity index (χ1v) is 6.95. The zero-order valence-corrected chi connectivity index (χ0v) is 11.3. The third-order valence-electron chi connectivity index (χ3n) is 4.02. The number of carbonyl (C=O) groups is 1. The predicted octanol–water partition coefficient (Wildman–Crippen LogP) is 2.75. The molecule has 5 heteroatoms. The highest BCUT2D eigenvalue weighted by Crippen LogP contribution is 2.40. The molecule has 1 saturated carbocycles. The fourth-order valence-electron chi connectivity index (χ4n) is 3.13. The Morgan fingerprint density at radius 2 is 2.00 bits per heavy atom. The summed E-state index contributed by atoms with van der Waals surface area (Å²) in [6.07, 6.45) is 4.69. The summed E-state index contributed by atoms with van der Waals surface area (Å²) >= 11 is 5.27. The molecule has 0 radical (unpaired) electrons. The molecular weight excluding hydrogens is 263 g/mol. The minimum atomic E-state index is -0.608. The number of anilines is 1. The first-order chi connectivity index (χ1) is 9.13. The Balaban J connectivity index is 2.06. The molecule has 1 aromatic carbocycles. The molecule has 2 aliphatic rings. The molecule has 0 unspecified atom stereocenters. The zero-order chi connectivity index (χ0) is 13.5. The van der Waals surface area contributed by atoms with E-state index in [-0.39, 0.29) is 11.7 Å². The van der Waals surface area contributed by atoms with Gasteiger partial charge in [-0.3, -0.25) is 4.79 Å². The number of nitrogens with zero attached hydrogens (tertiary/aromatic N) is 1. The normalized spacial score (nSPS) is 21.8. The molecule has 0 atom stereocenters. The van der Waals surface area contributed by atoms with Crippen molar-refractivity contribution >= 4 is 28.9 Å². The van der Waals surface area contributed by atoms with Gasteiger partial charge in [0.25, 0.3) is 5.91 Å². The molecule has 1 saturated heterocycles. The van der Waals surface area contributed by atoms with Crippen LogP contribution in [-0.2, 0) is 4.79 Å². The molecule has 1 amide bonds. The van der Waals surface area contributed by atoms with Crippen molar-refractivity contribution in [3.8, 4) is 0 Å². The molecule has 19 heavy (non-hydrogen) atoms. The molecule has 100 valence electrons. The fraction of sp³-hybridized carbons (Fsp3) is 0.429. The number of nitrogens with one attached hydrogen (secondary N) is 1. The van der Waals surface area contributed by atoms with Crippen molar-refractivity contribution in [2.24, 2.45) is 0 Å². The molecule has 3 nitrogen and oxygen atoms in total. The van der Waals surface area contributed by atoms with Crippen molar-refractivity contribution in [2.45, 2.75) is 37.6 Å². The maximum absolute atomic E-state index is 13.4. The highest BCUT2D eigenvalue weighted by Gasteiger charge is 2.51. The number of amides is 1. The zero-order valence-electron chi connectivity index (χ0n) is 10.5. The Bertz CT molecular complexity index is 540. The Hall–Kier alpha value is -1.49. The van der Waals surface area contributed by atoms with Crippen molar-refractivity contribution in [2.75, 3.05) is 4.90 Å². The molecule has 1 spiro atoms. The van der Waals surface area contributed by atoms with Gasteiger partial charge in [-0.15, -0.1) is 0 Å². The van der Waals surface area contributed by atoms with Gasteiger partial charge in [0.2, 0.25) is 0 Å². The molecule has 1 aliphatic heterocycles. The second-order valence-corrected chi connectivity index (χ2v) is 5.55. The second-order valence-electron chi connectivity index (χ2n) is 5.17. The molecule has 0 aromatic heterocycles. The van der Waals surface area contributed by atoms with Crippen LogP contribution in [0.4, 0.5) is 10.1 Å². The third kappa shape index (κ3) is 1.92. The van der Waals surface area contributed by atoms with Crippen LogP contribution in [0.5, 0.6) is 0 Å². The van der Waals surface area contributed by atoms with Crippen molar-refractivity contribution in [1.29, 1.82) is 0 Å². The van der Waals surface area contributed by atoms with E-state index in [2.05, 4.69) is 5.32 Å². The van der Waals surface area contributed by atoms with E-state index >= 15 is 0 Å². The summed E-state index contributed by atoms with van der Waals surface area (Å²) in [7, 11) is 0. The van der Waals surface area contributed by atoms with Crippen molar-refractivity contribution in [3.05, 3.63) is 30.1 Å². The standard InChI is InChI=1S/C14H15FN2OS/c15-10-5-4-6-11(9-10)17-13(19)16-12(18)14(17)7-2-1-3-8-14/h4-6,9H,1-3,7-8H2,(H,16,18,19). The molecule has 0 bridgehead atoms. The van der Waals surface area contributed by atoms with Crippen LogP contribution in [0.15, 0.2) is 24.3 Å². The first-order valence-electron chi connectivity index (χ1n) is 6.55. The van der Waals surface area contributed by atoms with Gasteiger partial charge >= 0.3 is 0 Å². The van der Waals surface area contributed by atoms with Gasteiger partial charge in [0.1, 0.15) is 11.4 Å². The maximum Gasteiger partial charge on any atom is 0.252 e. The fourth-order valence-corrected chi connectivity index (χ4v) is 3.51. The van der Waals surface area contributed by atoms with Crippen molar-refractivity contribution in [1.82, 2.24) is 5.32 Å². The average molecular weight is 278 g/mol. The van der Waals surface area contributed by atoms with Crippen LogP contribution in [-0.4, -0.2) is 16.6 Å². The largest absolute Gasteiger partial charge is 0.303 e. The van der Waals surface area contributed by atoms with Crippen LogP contribution >= 0.6 is 12.2 Å². The average Bonchev–Trinajstić information content (AvgIpc) is 2.62. The first kappa shape index (κ1) is 12.5. The number of carbonyl (C=O) groups excluding carboxylic acids is 1. The molecule has 3 rings (SSSR count). The summed E-state index contributed by atoms with van der Waals surface area (Å²) in [6.45, 7) is 0. The Kier molecular flexibility index (Phi) is 3.01. The Morgan fingerprint density at radius 3 is 2.68 bits per heavy atom. The van der Waals surface area contributed by atoms with Gasteiger partial charge in [-0.25, -0.2) is 4.39 Å². The summed E-state index contributed by atoms with van der Waals surface area (Å²) in [4.78, 5) is 14.1. The number of halogens is 1. The molecular formula is C14H15FN2OS. The molecule has 1 aliphatic carbocycles. The van der Waals surface area contributed by atoms with Gasteiger partial charge < -0.3 is 10.2 Å². The third-order valence-corrected chi connectivity index (χ3v) is 4.31. The Labute approximate surface area is 116 Å². The van der Waals surface area contributed by atoms with Crippen molar-refractivity contribution in [3.63, 3.8) is 0 Å². The minimum Gasteiger partial charge on any atom is -0.303 e. The van der Waals surface area contributed by atoms with E-state index in [4.69, 9.17) is 12.2 Å². The number of benzene rings is 1. The lowest BCUT2D eigenvalue weighted by Crippen LogP contribution is -2.51. The van der Waals surface area contributed by atoms with E-state index < -0.39 is 5.54 Å². The van der Waals surface area contributed by atoms with Crippen molar-refractivity contribution < 1.29 is 9.18 Å². The lowest BCUT2D eigenvalue weighted by Gasteiger charge is -2.39. The van der Waals surface area contributed by atoms with Crippen LogP contribution in [0.25, 0.3) is 0 Å². The SMILES string of the molecule is O=C1NC(=S)N(c2cccc(F)c2)C12CCCCC2. The number of hydrogen-bond donors (Lipinski definition) is 1. The predicted molar refractivity (Wildman–Crippen MR) is 75.4 cm³/mol. The quantitative estimate of drug-likeness (QED) is 0.802. The topological polar surface area (TPSA) is 32.3 Å². The maximum atomic E-state index is 13.4. The molecule has 1 heterocycles. The van der Waals surface area contributed by atoms with Gasteiger partial charge in [0, 0.05) is 5.69 Å². The lowest BCUT2D eigenvalue weighted by molar-refractivity contribution is -0.124. The van der Waals surface area contributed by atoms with Gasteiger partial charge in [0.05, 0.1) is 0 Å². The molecule has 1 aromatic rings. The highest BCUT2D eigenvalue weighted by atomic mass is 32.1. The summed E-state index contributed by atoms with van der Waals surface area (Å²) in [5.74, 6) is -0.355. The van der Waals surface area contributed by atoms with Crippen LogP contribution < -0.4 is 10.2 Å². The molecule has 1 N–H and O–H groups in total. The van der Waals surface area contributed by atoms with E-state index in [0.29, 0.717) is 10.8 Å². The number of hydrogen-bond acceptors (Lipinski definition) is 2. The number of thiocarbonyl (C=S) groups is 1. The number of rotatable bonds is 1. The summed E-state index contributed by atoms with van der Waals surface area (Å²) < 4.78 is 13.4. The minimum absolute atomic E-state index is 0.0403. The van der Waals surface area contributed by atoms with E-state index in [1.807, 2.05) is 4.90 Å². The second kappa shape index (κ2) is 4.56. The van der Waals surface area contributed by atoms with E-state index in [9.17, 15) is 9.18 Å². The van der Waals surface area contributed by atoms with Gasteiger partial charge in [-0.2, -0.15) is 0 Å². The summed E-state index contributed by atoms with van der Waals surface area (Å²) in [5.41, 5.74) is 0.0496. The smallest absolute Gasteiger partial charge is 0.252 e.